The average Bonchev–Trinajstić information content (AvgIpc) is 3.27. The molecular weight excluding hydrogens is 486 g/mol. The first-order chi connectivity index (χ1) is 18.0. The number of fused-ring (bicyclic) bond motifs is 1. The van der Waals surface area contributed by atoms with Gasteiger partial charge < -0.3 is 20.3 Å². The minimum Gasteiger partial charge on any atom is -0.462 e. The average molecular weight is 514 g/mol. The van der Waals surface area contributed by atoms with E-state index in [0.717, 1.165) is 35.8 Å². The minimum atomic E-state index is -0.434. The number of thioether (sulfide) groups is 1. The van der Waals surface area contributed by atoms with Crippen molar-refractivity contribution in [1.29, 1.82) is 0 Å². The van der Waals surface area contributed by atoms with E-state index in [-0.39, 0.29) is 18.4 Å². The van der Waals surface area contributed by atoms with Crippen LogP contribution >= 0.6 is 11.8 Å². The van der Waals surface area contributed by atoms with E-state index in [4.69, 9.17) is 4.74 Å². The molecule has 0 saturated carbocycles. The topological polar surface area (TPSA) is 87.7 Å². The van der Waals surface area contributed by atoms with Crippen LogP contribution in [0.2, 0.25) is 0 Å². The number of anilines is 2. The third-order valence-electron chi connectivity index (χ3n) is 6.29. The number of rotatable bonds is 6. The van der Waals surface area contributed by atoms with Crippen LogP contribution in [0.4, 0.5) is 11.4 Å². The molecule has 2 N–H and O–H groups in total. The van der Waals surface area contributed by atoms with Crippen LogP contribution in [0.1, 0.15) is 38.8 Å². The van der Waals surface area contributed by atoms with Gasteiger partial charge in [0.1, 0.15) is 0 Å². The van der Waals surface area contributed by atoms with Crippen molar-refractivity contribution in [3.63, 3.8) is 0 Å². The van der Waals surface area contributed by atoms with E-state index in [1.54, 1.807) is 25.1 Å². The predicted molar refractivity (Wildman–Crippen MR) is 148 cm³/mol. The number of esters is 1. The molecule has 37 heavy (non-hydrogen) atoms. The number of hydrogen-bond acceptors (Lipinski definition) is 6. The Morgan fingerprint density at radius 2 is 1.65 bits per heavy atom. The number of amides is 2. The number of carbonyl (C=O) groups excluding carboxylic acids is 3. The Balaban J connectivity index is 1.48. The summed E-state index contributed by atoms with van der Waals surface area (Å²) in [6, 6.07) is 22.0. The summed E-state index contributed by atoms with van der Waals surface area (Å²) in [4.78, 5) is 40.1. The Kier molecular flexibility index (Phi) is 7.28. The van der Waals surface area contributed by atoms with E-state index in [0.29, 0.717) is 33.6 Å². The van der Waals surface area contributed by atoms with Crippen LogP contribution in [-0.2, 0) is 9.53 Å². The predicted octanol–water partition coefficient (Wildman–Crippen LogP) is 4.98. The van der Waals surface area contributed by atoms with Crippen molar-refractivity contribution in [1.82, 2.24) is 4.90 Å². The van der Waals surface area contributed by atoms with Gasteiger partial charge in [0.25, 0.3) is 11.8 Å². The molecule has 0 atom stereocenters. The Morgan fingerprint density at radius 1 is 0.946 bits per heavy atom. The normalized spacial score (nSPS) is 16.0. The second kappa shape index (κ2) is 10.9. The molecule has 1 fully saturated rings. The molecule has 7 nitrogen and oxygen atoms in total. The van der Waals surface area contributed by atoms with Crippen molar-refractivity contribution in [2.45, 2.75) is 6.92 Å². The van der Waals surface area contributed by atoms with Crippen LogP contribution in [0, 0.1) is 0 Å². The van der Waals surface area contributed by atoms with Crippen molar-refractivity contribution in [3.05, 3.63) is 95.1 Å². The number of nitrogens with zero attached hydrogens (tertiary/aromatic N) is 1. The van der Waals surface area contributed by atoms with E-state index in [2.05, 4.69) is 10.6 Å². The second-order valence-electron chi connectivity index (χ2n) is 8.66. The first kappa shape index (κ1) is 24.6. The van der Waals surface area contributed by atoms with Gasteiger partial charge in [0, 0.05) is 41.4 Å². The molecule has 5 rings (SSSR count). The zero-order valence-electron chi connectivity index (χ0n) is 20.5. The monoisotopic (exact) mass is 513 g/mol. The molecule has 2 aliphatic heterocycles. The smallest absolute Gasteiger partial charge is 0.338 e. The molecule has 2 amide bonds. The van der Waals surface area contributed by atoms with Crippen LogP contribution in [0.3, 0.4) is 0 Å². The maximum absolute atomic E-state index is 13.2. The van der Waals surface area contributed by atoms with Crippen molar-refractivity contribution >= 4 is 52.2 Å². The van der Waals surface area contributed by atoms with Gasteiger partial charge in [-0.25, -0.2) is 4.79 Å². The second-order valence-corrected chi connectivity index (χ2v) is 9.88. The Labute approximate surface area is 219 Å². The molecule has 188 valence electrons. The Hall–Kier alpha value is -4.04. The molecule has 0 aliphatic carbocycles. The van der Waals surface area contributed by atoms with Crippen LogP contribution in [0.25, 0.3) is 11.3 Å². The van der Waals surface area contributed by atoms with Gasteiger partial charge in [0.05, 0.1) is 29.1 Å². The molecule has 0 unspecified atom stereocenters. The van der Waals surface area contributed by atoms with Gasteiger partial charge >= 0.3 is 5.97 Å². The van der Waals surface area contributed by atoms with Gasteiger partial charge in [-0.05, 0) is 48.9 Å². The van der Waals surface area contributed by atoms with Gasteiger partial charge in [-0.3, -0.25) is 9.59 Å². The lowest BCUT2D eigenvalue weighted by atomic mass is 9.99. The molecular formula is C29H27N3O4S. The lowest BCUT2D eigenvalue weighted by Gasteiger charge is -2.26. The lowest BCUT2D eigenvalue weighted by molar-refractivity contribution is -0.110. The highest BCUT2D eigenvalue weighted by Crippen LogP contribution is 2.38. The van der Waals surface area contributed by atoms with E-state index < -0.39 is 5.97 Å². The quantitative estimate of drug-likeness (QED) is 0.357. The van der Waals surface area contributed by atoms with Gasteiger partial charge in [-0.15, -0.1) is 0 Å². The summed E-state index contributed by atoms with van der Waals surface area (Å²) in [5, 5.41) is 6.30. The zero-order valence-corrected chi connectivity index (χ0v) is 21.3. The highest BCUT2D eigenvalue weighted by molar-refractivity contribution is 7.99. The molecule has 3 aromatic rings. The summed E-state index contributed by atoms with van der Waals surface area (Å²) < 4.78 is 5.10. The summed E-state index contributed by atoms with van der Waals surface area (Å²) in [5.41, 5.74) is 4.96. The fraction of sp³-hybridized carbons (Fsp3) is 0.207. The maximum Gasteiger partial charge on any atom is 0.338 e. The Bertz CT molecular complexity index is 1360. The van der Waals surface area contributed by atoms with Crippen molar-refractivity contribution in [2.75, 3.05) is 41.8 Å². The molecule has 3 aromatic carbocycles. The van der Waals surface area contributed by atoms with E-state index in [9.17, 15) is 14.4 Å². The maximum atomic E-state index is 13.2. The van der Waals surface area contributed by atoms with Crippen molar-refractivity contribution in [2.24, 2.45) is 0 Å². The number of hydrogen-bond donors (Lipinski definition) is 2. The molecule has 2 aliphatic rings. The van der Waals surface area contributed by atoms with E-state index >= 15 is 0 Å². The standard InChI is InChI=1S/C29H27N3O4S/c1-2-36-29(35)21-10-13-23-24(18-21)31-27(33)25(23)26(19-6-4-3-5-7-19)30-22-11-8-20(9-12-22)28(34)32-14-16-37-17-15-32/h3-13,18,30H,2,14-17H2,1H3,(H,31,33)/b26-25-. The van der Waals surface area contributed by atoms with Gasteiger partial charge in [-0.1, -0.05) is 36.4 Å². The summed E-state index contributed by atoms with van der Waals surface area (Å²) in [6.07, 6.45) is 0. The molecule has 0 bridgehead atoms. The number of nitrogens with one attached hydrogen (secondary N) is 2. The molecule has 0 aromatic heterocycles. The number of benzene rings is 3. The minimum absolute atomic E-state index is 0.0370. The largest absolute Gasteiger partial charge is 0.462 e. The molecule has 1 saturated heterocycles. The third-order valence-corrected chi connectivity index (χ3v) is 7.23. The highest BCUT2D eigenvalue weighted by Gasteiger charge is 2.29. The van der Waals surface area contributed by atoms with E-state index in [1.165, 1.54) is 0 Å². The Morgan fingerprint density at radius 3 is 2.35 bits per heavy atom. The molecule has 0 spiro atoms. The summed E-state index contributed by atoms with van der Waals surface area (Å²) >= 11 is 1.87. The number of ether oxygens (including phenoxy) is 1. The van der Waals surface area contributed by atoms with Crippen LogP contribution in [0.5, 0.6) is 0 Å². The van der Waals surface area contributed by atoms with Crippen LogP contribution < -0.4 is 10.6 Å². The summed E-state index contributed by atoms with van der Waals surface area (Å²) in [7, 11) is 0. The fourth-order valence-electron chi connectivity index (χ4n) is 4.44. The summed E-state index contributed by atoms with van der Waals surface area (Å²) in [5.74, 6) is 1.26. The lowest BCUT2D eigenvalue weighted by Crippen LogP contribution is -2.37. The van der Waals surface area contributed by atoms with Gasteiger partial charge in [-0.2, -0.15) is 11.8 Å². The van der Waals surface area contributed by atoms with Gasteiger partial charge in [0.15, 0.2) is 0 Å². The first-order valence-corrected chi connectivity index (χ1v) is 13.4. The molecule has 0 radical (unpaired) electrons. The SMILES string of the molecule is CCOC(=O)c1ccc2c(c1)NC(=O)/C2=C(\Nc1ccc(C(=O)N2CCSCC2)cc1)c1ccccc1. The van der Waals surface area contributed by atoms with Crippen molar-refractivity contribution < 1.29 is 19.1 Å². The third kappa shape index (κ3) is 5.24. The zero-order chi connectivity index (χ0) is 25.8. The molecule has 2 heterocycles. The van der Waals surface area contributed by atoms with Crippen LogP contribution in [0.15, 0.2) is 72.8 Å². The summed E-state index contributed by atoms with van der Waals surface area (Å²) in [6.45, 7) is 3.55. The van der Waals surface area contributed by atoms with E-state index in [1.807, 2.05) is 71.3 Å². The highest BCUT2D eigenvalue weighted by atomic mass is 32.2. The van der Waals surface area contributed by atoms with Gasteiger partial charge in [0.2, 0.25) is 0 Å². The van der Waals surface area contributed by atoms with Crippen LogP contribution in [-0.4, -0.2) is 53.9 Å². The van der Waals surface area contributed by atoms with Crippen molar-refractivity contribution in [3.8, 4) is 0 Å². The first-order valence-electron chi connectivity index (χ1n) is 12.2. The molecule has 8 heteroatoms. The fourth-order valence-corrected chi connectivity index (χ4v) is 5.34. The number of carbonyl (C=O) groups is 3.